The highest BCUT2D eigenvalue weighted by molar-refractivity contribution is 7.91. The van der Waals surface area contributed by atoms with Gasteiger partial charge in [-0.1, -0.05) is 18.2 Å². The van der Waals surface area contributed by atoms with Crippen LogP contribution in [0.4, 0.5) is 4.39 Å². The molecule has 1 unspecified atom stereocenters. The molecule has 0 radical (unpaired) electrons. The molecule has 0 saturated carbocycles. The summed E-state index contributed by atoms with van der Waals surface area (Å²) < 4.78 is 36.9. The normalized spacial score (nSPS) is 20.1. The van der Waals surface area contributed by atoms with Crippen LogP contribution in [0.2, 0.25) is 0 Å². The molecule has 0 bridgehead atoms. The molecule has 5 nitrogen and oxygen atoms in total. The standard InChI is InChI=1S/C16H17FN2O3S2/c1-11-10-24(21,22)7-6-19(11)16(20)14-9-23-15(18-14)8-12-4-2-3-5-13(12)17/h2-5,9,11H,6-8,10H2,1H3. The van der Waals surface area contributed by atoms with Crippen LogP contribution in [0.3, 0.4) is 0 Å². The summed E-state index contributed by atoms with van der Waals surface area (Å²) in [5, 5.41) is 2.30. The minimum Gasteiger partial charge on any atom is -0.333 e. The molecule has 2 heterocycles. The van der Waals surface area contributed by atoms with E-state index in [1.165, 1.54) is 17.4 Å². The Bertz CT molecular complexity index is 864. The minimum atomic E-state index is -3.07. The molecule has 1 atom stereocenters. The molecule has 1 aromatic heterocycles. The van der Waals surface area contributed by atoms with Crippen LogP contribution in [0.5, 0.6) is 0 Å². The van der Waals surface area contributed by atoms with Gasteiger partial charge in [-0.3, -0.25) is 4.79 Å². The van der Waals surface area contributed by atoms with Crippen molar-refractivity contribution in [2.75, 3.05) is 18.1 Å². The number of halogens is 1. The van der Waals surface area contributed by atoms with E-state index in [4.69, 9.17) is 0 Å². The lowest BCUT2D eigenvalue weighted by Gasteiger charge is -2.32. The Morgan fingerprint density at radius 2 is 2.17 bits per heavy atom. The van der Waals surface area contributed by atoms with Crippen LogP contribution in [0, 0.1) is 5.82 Å². The Hall–Kier alpha value is -1.80. The molecule has 1 aliphatic rings. The summed E-state index contributed by atoms with van der Waals surface area (Å²) in [6.45, 7) is 1.91. The number of aromatic nitrogens is 1. The van der Waals surface area contributed by atoms with E-state index >= 15 is 0 Å². The highest BCUT2D eigenvalue weighted by Crippen LogP contribution is 2.20. The Kier molecular flexibility index (Phi) is 4.69. The summed E-state index contributed by atoms with van der Waals surface area (Å²) in [4.78, 5) is 18.4. The Balaban J connectivity index is 1.73. The molecule has 2 aromatic rings. The fourth-order valence-electron chi connectivity index (χ4n) is 2.74. The number of hydrogen-bond donors (Lipinski definition) is 0. The van der Waals surface area contributed by atoms with Crippen molar-refractivity contribution in [1.82, 2.24) is 9.88 Å². The van der Waals surface area contributed by atoms with Crippen LogP contribution in [-0.2, 0) is 16.3 Å². The van der Waals surface area contributed by atoms with Gasteiger partial charge in [0.15, 0.2) is 9.84 Å². The average molecular weight is 368 g/mol. The zero-order valence-electron chi connectivity index (χ0n) is 13.1. The van der Waals surface area contributed by atoms with E-state index in [9.17, 15) is 17.6 Å². The fourth-order valence-corrected chi connectivity index (χ4v) is 5.09. The van der Waals surface area contributed by atoms with Crippen molar-refractivity contribution in [2.45, 2.75) is 19.4 Å². The molecule has 8 heteroatoms. The number of hydrogen-bond acceptors (Lipinski definition) is 5. The third-order valence-corrected chi connectivity index (χ3v) is 6.65. The third kappa shape index (κ3) is 3.64. The maximum absolute atomic E-state index is 13.7. The molecule has 0 N–H and O–H groups in total. The molecule has 0 aliphatic carbocycles. The van der Waals surface area contributed by atoms with Crippen molar-refractivity contribution in [3.05, 3.63) is 51.7 Å². The predicted octanol–water partition coefficient (Wildman–Crippen LogP) is 2.13. The van der Waals surface area contributed by atoms with E-state index in [0.717, 1.165) is 0 Å². The summed E-state index contributed by atoms with van der Waals surface area (Å²) in [6.07, 6.45) is 0.328. The average Bonchev–Trinajstić information content (AvgIpc) is 2.97. The SMILES string of the molecule is CC1CS(=O)(=O)CCN1C(=O)c1csc(Cc2ccccc2F)n1. The number of amides is 1. The molecule has 1 saturated heterocycles. The molecule has 0 spiro atoms. The van der Waals surface area contributed by atoms with Gasteiger partial charge in [-0.05, 0) is 18.6 Å². The van der Waals surface area contributed by atoms with Gasteiger partial charge in [0.2, 0.25) is 0 Å². The van der Waals surface area contributed by atoms with E-state index < -0.39 is 9.84 Å². The topological polar surface area (TPSA) is 67.3 Å². The molecule has 1 amide bonds. The number of rotatable bonds is 3. The maximum atomic E-state index is 13.7. The first kappa shape index (κ1) is 17.0. The van der Waals surface area contributed by atoms with Gasteiger partial charge in [0, 0.05) is 24.4 Å². The molecular formula is C16H17FN2O3S2. The number of carbonyl (C=O) groups is 1. The highest BCUT2D eigenvalue weighted by Gasteiger charge is 2.32. The summed E-state index contributed by atoms with van der Waals surface area (Å²) in [6, 6.07) is 6.10. The second kappa shape index (κ2) is 6.60. The monoisotopic (exact) mass is 368 g/mol. The van der Waals surface area contributed by atoms with Crippen LogP contribution >= 0.6 is 11.3 Å². The minimum absolute atomic E-state index is 0.0186. The largest absolute Gasteiger partial charge is 0.333 e. The molecule has 3 rings (SSSR count). The summed E-state index contributed by atoms with van der Waals surface area (Å²) in [5.74, 6) is -0.607. The predicted molar refractivity (Wildman–Crippen MR) is 90.5 cm³/mol. The van der Waals surface area contributed by atoms with Crippen LogP contribution in [0.25, 0.3) is 0 Å². The molecule has 1 aromatic carbocycles. The lowest BCUT2D eigenvalue weighted by atomic mass is 10.1. The third-order valence-electron chi connectivity index (χ3n) is 4.00. The van der Waals surface area contributed by atoms with Crippen LogP contribution in [0.1, 0.15) is 28.0 Å². The highest BCUT2D eigenvalue weighted by atomic mass is 32.2. The van der Waals surface area contributed by atoms with Crippen molar-refractivity contribution in [3.63, 3.8) is 0 Å². The van der Waals surface area contributed by atoms with Crippen LogP contribution in [0.15, 0.2) is 29.6 Å². The van der Waals surface area contributed by atoms with E-state index in [-0.39, 0.29) is 41.5 Å². The first-order chi connectivity index (χ1) is 11.4. The second-order valence-corrected chi connectivity index (χ2v) is 9.03. The first-order valence-corrected chi connectivity index (χ1v) is 10.2. The van der Waals surface area contributed by atoms with E-state index in [0.29, 0.717) is 17.0 Å². The number of carbonyl (C=O) groups excluding carboxylic acids is 1. The quantitative estimate of drug-likeness (QED) is 0.832. The zero-order valence-corrected chi connectivity index (χ0v) is 14.7. The zero-order chi connectivity index (χ0) is 17.3. The van der Waals surface area contributed by atoms with Crippen LogP contribution < -0.4 is 0 Å². The summed E-state index contributed by atoms with van der Waals surface area (Å²) >= 11 is 1.30. The molecule has 1 aliphatic heterocycles. The van der Waals surface area contributed by atoms with Gasteiger partial charge in [-0.15, -0.1) is 11.3 Å². The van der Waals surface area contributed by atoms with Gasteiger partial charge in [-0.25, -0.2) is 17.8 Å². The lowest BCUT2D eigenvalue weighted by molar-refractivity contribution is 0.0707. The van der Waals surface area contributed by atoms with Crippen molar-refractivity contribution in [1.29, 1.82) is 0 Å². The summed E-state index contributed by atoms with van der Waals surface area (Å²) in [7, 11) is -3.07. The number of thiazole rings is 1. The van der Waals surface area contributed by atoms with Crippen molar-refractivity contribution < 1.29 is 17.6 Å². The van der Waals surface area contributed by atoms with E-state index in [2.05, 4.69) is 4.98 Å². The number of benzene rings is 1. The van der Waals surface area contributed by atoms with Gasteiger partial charge < -0.3 is 4.90 Å². The molecule has 24 heavy (non-hydrogen) atoms. The first-order valence-electron chi connectivity index (χ1n) is 7.55. The smallest absolute Gasteiger partial charge is 0.273 e. The lowest BCUT2D eigenvalue weighted by Crippen LogP contribution is -2.49. The van der Waals surface area contributed by atoms with E-state index in [1.807, 2.05) is 0 Å². The second-order valence-electron chi connectivity index (χ2n) is 5.86. The van der Waals surface area contributed by atoms with E-state index in [1.54, 1.807) is 35.4 Å². The Morgan fingerprint density at radius 3 is 2.88 bits per heavy atom. The van der Waals surface area contributed by atoms with Crippen molar-refractivity contribution >= 4 is 27.1 Å². The van der Waals surface area contributed by atoms with Gasteiger partial charge >= 0.3 is 0 Å². The maximum Gasteiger partial charge on any atom is 0.273 e. The van der Waals surface area contributed by atoms with Gasteiger partial charge in [0.1, 0.15) is 11.5 Å². The van der Waals surface area contributed by atoms with Crippen LogP contribution in [-0.4, -0.2) is 48.3 Å². The number of sulfone groups is 1. The van der Waals surface area contributed by atoms with Gasteiger partial charge in [0.25, 0.3) is 5.91 Å². The molecular weight excluding hydrogens is 351 g/mol. The summed E-state index contributed by atoms with van der Waals surface area (Å²) in [5.41, 5.74) is 0.820. The number of nitrogens with zero attached hydrogens (tertiary/aromatic N) is 2. The van der Waals surface area contributed by atoms with Gasteiger partial charge in [-0.2, -0.15) is 0 Å². The fraction of sp³-hybridized carbons (Fsp3) is 0.375. The Labute approximate surface area is 144 Å². The van der Waals surface area contributed by atoms with Crippen molar-refractivity contribution in [2.24, 2.45) is 0 Å². The molecule has 1 fully saturated rings. The molecule has 128 valence electrons. The van der Waals surface area contributed by atoms with Gasteiger partial charge in [0.05, 0.1) is 16.5 Å². The van der Waals surface area contributed by atoms with Crippen molar-refractivity contribution in [3.8, 4) is 0 Å². The Morgan fingerprint density at radius 1 is 1.42 bits per heavy atom.